The summed E-state index contributed by atoms with van der Waals surface area (Å²) in [6.45, 7) is 2.11. The minimum Gasteiger partial charge on any atom is -0.384 e. The number of nitrogens with zero attached hydrogens (tertiary/aromatic N) is 1. The summed E-state index contributed by atoms with van der Waals surface area (Å²) in [5.74, 6) is 0. The zero-order valence-electron chi connectivity index (χ0n) is 13.2. The highest BCUT2D eigenvalue weighted by molar-refractivity contribution is 7.89. The second-order valence-electron chi connectivity index (χ2n) is 6.32. The van der Waals surface area contributed by atoms with Gasteiger partial charge in [0.05, 0.1) is 17.7 Å². The van der Waals surface area contributed by atoms with Crippen molar-refractivity contribution in [1.29, 1.82) is 0 Å². The van der Waals surface area contributed by atoms with Crippen LogP contribution in [0.15, 0.2) is 29.2 Å². The number of rotatable bonds is 4. The molecule has 0 aliphatic carbocycles. The Balaban J connectivity index is 1.91. The predicted octanol–water partition coefficient (Wildman–Crippen LogP) is 2.55. The lowest BCUT2D eigenvalue weighted by atomic mass is 9.73. The molecule has 2 heterocycles. The first-order chi connectivity index (χ1) is 11.0. The van der Waals surface area contributed by atoms with Gasteiger partial charge in [-0.2, -0.15) is 4.31 Å². The molecule has 7 heteroatoms. The van der Waals surface area contributed by atoms with Gasteiger partial charge in [-0.05, 0) is 31.4 Å². The van der Waals surface area contributed by atoms with Crippen molar-refractivity contribution in [2.45, 2.75) is 30.3 Å². The molecule has 1 aromatic carbocycles. The molecule has 0 N–H and O–H groups in total. The van der Waals surface area contributed by atoms with E-state index in [2.05, 4.69) is 0 Å². The molecule has 2 fully saturated rings. The summed E-state index contributed by atoms with van der Waals surface area (Å²) in [5.41, 5.74) is -0.264. The zero-order valence-corrected chi connectivity index (χ0v) is 14.8. The van der Waals surface area contributed by atoms with E-state index in [4.69, 9.17) is 21.1 Å². The highest BCUT2D eigenvalue weighted by Crippen LogP contribution is 2.42. The van der Waals surface area contributed by atoms with Crippen molar-refractivity contribution in [3.05, 3.63) is 29.3 Å². The maximum atomic E-state index is 13.0. The van der Waals surface area contributed by atoms with Crippen LogP contribution in [-0.2, 0) is 19.5 Å². The average molecular weight is 360 g/mol. The number of fused-ring (bicyclic) bond motifs is 1. The first-order valence-electron chi connectivity index (χ1n) is 7.85. The van der Waals surface area contributed by atoms with Gasteiger partial charge in [0.2, 0.25) is 10.0 Å². The van der Waals surface area contributed by atoms with Crippen molar-refractivity contribution in [1.82, 2.24) is 4.31 Å². The molecule has 0 saturated carbocycles. The number of piperidine rings is 1. The second kappa shape index (κ2) is 6.69. The first-order valence-corrected chi connectivity index (χ1v) is 9.67. The third kappa shape index (κ3) is 3.15. The van der Waals surface area contributed by atoms with Crippen LogP contribution in [0, 0.1) is 5.41 Å². The molecular formula is C16H22ClNO4S. The molecule has 128 valence electrons. The third-order valence-electron chi connectivity index (χ3n) is 4.84. The largest absolute Gasteiger partial charge is 0.384 e. The van der Waals surface area contributed by atoms with Gasteiger partial charge in [0.25, 0.3) is 0 Å². The van der Waals surface area contributed by atoms with Gasteiger partial charge < -0.3 is 9.47 Å². The van der Waals surface area contributed by atoms with Gasteiger partial charge in [0, 0.05) is 32.2 Å². The van der Waals surface area contributed by atoms with Crippen molar-refractivity contribution >= 4 is 21.6 Å². The number of ether oxygens (including phenoxy) is 2. The van der Waals surface area contributed by atoms with Crippen LogP contribution in [0.1, 0.15) is 19.3 Å². The molecule has 0 aromatic heterocycles. The van der Waals surface area contributed by atoms with Gasteiger partial charge in [0.15, 0.2) is 0 Å². The predicted molar refractivity (Wildman–Crippen MR) is 88.1 cm³/mol. The average Bonchev–Trinajstić information content (AvgIpc) is 2.54. The molecule has 3 rings (SSSR count). The molecule has 2 aliphatic heterocycles. The van der Waals surface area contributed by atoms with E-state index in [1.165, 1.54) is 0 Å². The highest BCUT2D eigenvalue weighted by atomic mass is 35.5. The van der Waals surface area contributed by atoms with Crippen molar-refractivity contribution in [2.24, 2.45) is 5.41 Å². The number of methoxy groups -OCH3 is 1. The van der Waals surface area contributed by atoms with Crippen LogP contribution in [0.4, 0.5) is 0 Å². The second-order valence-corrected chi connectivity index (χ2v) is 8.63. The molecule has 1 aromatic rings. The van der Waals surface area contributed by atoms with E-state index in [9.17, 15) is 8.42 Å². The summed E-state index contributed by atoms with van der Waals surface area (Å²) in [5, 5.41) is 0.260. The summed E-state index contributed by atoms with van der Waals surface area (Å²) in [7, 11) is -1.95. The fourth-order valence-corrected chi connectivity index (χ4v) is 5.79. The first kappa shape index (κ1) is 17.2. The van der Waals surface area contributed by atoms with Crippen LogP contribution < -0.4 is 0 Å². The molecular weight excluding hydrogens is 338 g/mol. The Morgan fingerprint density at radius 3 is 2.96 bits per heavy atom. The lowest BCUT2D eigenvalue weighted by molar-refractivity contribution is -0.137. The Bertz CT molecular complexity index is 662. The quantitative estimate of drug-likeness (QED) is 0.829. The molecule has 0 amide bonds. The summed E-state index contributed by atoms with van der Waals surface area (Å²) in [4.78, 5) is 0.171. The normalized spacial score (nSPS) is 29.2. The van der Waals surface area contributed by atoms with Crippen LogP contribution >= 0.6 is 11.6 Å². The van der Waals surface area contributed by atoms with E-state index in [0.717, 1.165) is 19.4 Å². The standard InChI is InChI=1S/C16H22ClNO4S/c1-21-12-16-8-4-10-22-15(16)7-9-18(11-16)23(19,20)14-6-3-2-5-13(14)17/h2-3,5-6,15H,4,7-12H2,1H3/t15-,16+/m1/s1. The molecule has 0 bridgehead atoms. The maximum absolute atomic E-state index is 13.0. The van der Waals surface area contributed by atoms with Gasteiger partial charge in [-0.25, -0.2) is 8.42 Å². The van der Waals surface area contributed by atoms with Gasteiger partial charge in [0.1, 0.15) is 4.90 Å². The van der Waals surface area contributed by atoms with Crippen LogP contribution in [0.2, 0.25) is 5.02 Å². The van der Waals surface area contributed by atoms with Crippen LogP contribution in [0.3, 0.4) is 0 Å². The van der Waals surface area contributed by atoms with E-state index < -0.39 is 10.0 Å². The van der Waals surface area contributed by atoms with E-state index in [-0.39, 0.29) is 21.4 Å². The summed E-state index contributed by atoms with van der Waals surface area (Å²) >= 11 is 6.11. The molecule has 0 unspecified atom stereocenters. The number of hydrogen-bond acceptors (Lipinski definition) is 4. The van der Waals surface area contributed by atoms with Gasteiger partial charge in [-0.1, -0.05) is 23.7 Å². The smallest absolute Gasteiger partial charge is 0.244 e. The van der Waals surface area contributed by atoms with Crippen LogP contribution in [0.25, 0.3) is 0 Å². The maximum Gasteiger partial charge on any atom is 0.244 e. The van der Waals surface area contributed by atoms with Crippen molar-refractivity contribution in [2.75, 3.05) is 33.4 Å². The van der Waals surface area contributed by atoms with Crippen molar-refractivity contribution < 1.29 is 17.9 Å². The van der Waals surface area contributed by atoms with Crippen LogP contribution in [0.5, 0.6) is 0 Å². The van der Waals surface area contributed by atoms with Gasteiger partial charge in [-0.15, -0.1) is 0 Å². The zero-order chi connectivity index (χ0) is 16.5. The lowest BCUT2D eigenvalue weighted by Crippen LogP contribution is -2.57. The van der Waals surface area contributed by atoms with Crippen LogP contribution in [-0.4, -0.2) is 52.2 Å². The SMILES string of the molecule is COC[C@@]12CCCO[C@@H]1CCN(S(=O)(=O)c1ccccc1Cl)C2. The topological polar surface area (TPSA) is 55.8 Å². The van der Waals surface area contributed by atoms with Gasteiger partial charge in [-0.3, -0.25) is 0 Å². The fourth-order valence-electron chi connectivity index (χ4n) is 3.75. The Hall–Kier alpha value is -0.660. The van der Waals surface area contributed by atoms with E-state index >= 15 is 0 Å². The van der Waals surface area contributed by atoms with Crippen molar-refractivity contribution in [3.8, 4) is 0 Å². The molecule has 2 saturated heterocycles. The fraction of sp³-hybridized carbons (Fsp3) is 0.625. The number of sulfonamides is 1. The van der Waals surface area contributed by atoms with E-state index in [1.807, 2.05) is 0 Å². The van der Waals surface area contributed by atoms with Gasteiger partial charge >= 0.3 is 0 Å². The minimum absolute atomic E-state index is 0.0638. The number of hydrogen-bond donors (Lipinski definition) is 0. The molecule has 2 atom stereocenters. The number of halogens is 1. The number of benzene rings is 1. The Labute approximate surface area is 142 Å². The summed E-state index contributed by atoms with van der Waals surface area (Å²) in [6, 6.07) is 6.59. The molecule has 0 radical (unpaired) electrons. The van der Waals surface area contributed by atoms with E-state index in [0.29, 0.717) is 26.1 Å². The molecule has 0 spiro atoms. The Morgan fingerprint density at radius 2 is 2.22 bits per heavy atom. The third-order valence-corrected chi connectivity index (χ3v) is 7.18. The molecule has 2 aliphatic rings. The monoisotopic (exact) mass is 359 g/mol. The Kier molecular flexibility index (Phi) is 4.99. The van der Waals surface area contributed by atoms with Crippen molar-refractivity contribution in [3.63, 3.8) is 0 Å². The lowest BCUT2D eigenvalue weighted by Gasteiger charge is -2.49. The Morgan fingerprint density at radius 1 is 1.43 bits per heavy atom. The summed E-state index contributed by atoms with van der Waals surface area (Å²) in [6.07, 6.45) is 2.60. The minimum atomic E-state index is -3.61. The van der Waals surface area contributed by atoms with E-state index in [1.54, 1.807) is 35.7 Å². The molecule has 23 heavy (non-hydrogen) atoms. The highest BCUT2D eigenvalue weighted by Gasteiger charge is 2.48. The summed E-state index contributed by atoms with van der Waals surface area (Å²) < 4.78 is 38.8. The molecule has 5 nitrogen and oxygen atoms in total.